The van der Waals surface area contributed by atoms with Crippen LogP contribution in [0.25, 0.3) is 33.4 Å². The van der Waals surface area contributed by atoms with Gasteiger partial charge in [0.1, 0.15) is 22.8 Å². The average molecular weight is 643 g/mol. The first-order valence-corrected chi connectivity index (χ1v) is 17.2. The molecule has 2 aliphatic heterocycles. The predicted molar refractivity (Wildman–Crippen MR) is 201 cm³/mol. The Bertz CT molecular complexity index is 2310. The van der Waals surface area contributed by atoms with Crippen molar-refractivity contribution < 1.29 is 14.2 Å². The number of para-hydroxylation sites is 4. The second-order valence-corrected chi connectivity index (χ2v) is 14.6. The summed E-state index contributed by atoms with van der Waals surface area (Å²) < 4.78 is 20.2. The van der Waals surface area contributed by atoms with Gasteiger partial charge >= 0.3 is 0 Å². The van der Waals surface area contributed by atoms with Crippen molar-refractivity contribution in [2.45, 2.75) is 66.4 Å². The molecule has 0 bridgehead atoms. The van der Waals surface area contributed by atoms with E-state index in [2.05, 4.69) is 140 Å². The zero-order chi connectivity index (χ0) is 34.2. The third-order valence-electron chi connectivity index (χ3n) is 10.7. The summed E-state index contributed by atoms with van der Waals surface area (Å²) in [5, 5.41) is 0. The second-order valence-electron chi connectivity index (χ2n) is 14.6. The Labute approximate surface area is 290 Å². The lowest BCUT2D eigenvalue weighted by Crippen LogP contribution is -2.24. The van der Waals surface area contributed by atoms with Crippen LogP contribution in [0.2, 0.25) is 0 Å². The van der Waals surface area contributed by atoms with E-state index in [1.807, 2.05) is 24.3 Å². The summed E-state index contributed by atoms with van der Waals surface area (Å²) in [6.07, 6.45) is 0. The second kappa shape index (κ2) is 11.1. The van der Waals surface area contributed by atoms with E-state index in [4.69, 9.17) is 14.2 Å². The number of benzene rings is 6. The zero-order valence-corrected chi connectivity index (χ0v) is 29.6. The lowest BCUT2D eigenvalue weighted by Gasteiger charge is -2.35. The quantitative estimate of drug-likeness (QED) is 0.192. The molecule has 0 spiro atoms. The third-order valence-corrected chi connectivity index (χ3v) is 10.7. The summed E-state index contributed by atoms with van der Waals surface area (Å²) in [4.78, 5) is 0. The molecule has 3 nitrogen and oxygen atoms in total. The van der Waals surface area contributed by atoms with Crippen LogP contribution in [0.5, 0.6) is 28.7 Å². The molecule has 49 heavy (non-hydrogen) atoms. The average Bonchev–Trinajstić information content (AvgIpc) is 3.19. The van der Waals surface area contributed by atoms with Gasteiger partial charge in [-0.15, -0.1) is 0 Å². The minimum atomic E-state index is -0.542. The Hall–Kier alpha value is -5.28. The fraction of sp³-hybridized carbons (Fsp3) is 0.217. The van der Waals surface area contributed by atoms with Gasteiger partial charge in [-0.05, 0) is 104 Å². The third kappa shape index (κ3) is 4.78. The van der Waals surface area contributed by atoms with Gasteiger partial charge in [-0.1, -0.05) is 105 Å². The van der Waals surface area contributed by atoms with Gasteiger partial charge in [-0.3, -0.25) is 0 Å². The van der Waals surface area contributed by atoms with E-state index in [0.29, 0.717) is 0 Å². The van der Waals surface area contributed by atoms with Crippen LogP contribution in [-0.4, -0.2) is 0 Å². The van der Waals surface area contributed by atoms with Gasteiger partial charge in [0.05, 0.1) is 0 Å². The Morgan fingerprint density at radius 2 is 0.878 bits per heavy atom. The standard InChI is InChI=1S/C46H42O3/c1-27-23-25-31(29(3)41(27)33-15-13-19-37-43(33)47-38-20-11-9-17-35(38)45(37,5)6)32-26-24-28(2)42(30(32)4)34-16-14-22-40-44(34)48-39-21-12-10-18-36(39)46(7,8)49-40/h9-26H,1-8H3. The number of rotatable bonds is 3. The van der Waals surface area contributed by atoms with Gasteiger partial charge in [0.15, 0.2) is 11.5 Å². The fourth-order valence-corrected chi connectivity index (χ4v) is 8.16. The van der Waals surface area contributed by atoms with Crippen molar-refractivity contribution in [1.29, 1.82) is 0 Å². The maximum Gasteiger partial charge on any atom is 0.177 e. The topological polar surface area (TPSA) is 27.7 Å². The number of hydrogen-bond donors (Lipinski definition) is 0. The van der Waals surface area contributed by atoms with E-state index >= 15 is 0 Å². The molecular formula is C46H42O3. The highest BCUT2D eigenvalue weighted by Gasteiger charge is 2.36. The number of fused-ring (bicyclic) bond motifs is 4. The molecular weight excluding hydrogens is 601 g/mol. The summed E-state index contributed by atoms with van der Waals surface area (Å²) >= 11 is 0. The fourth-order valence-electron chi connectivity index (χ4n) is 8.16. The Balaban J connectivity index is 1.29. The van der Waals surface area contributed by atoms with Crippen LogP contribution >= 0.6 is 0 Å². The molecule has 8 rings (SSSR count). The van der Waals surface area contributed by atoms with Crippen LogP contribution in [0.1, 0.15) is 66.6 Å². The van der Waals surface area contributed by atoms with Crippen molar-refractivity contribution in [2.24, 2.45) is 0 Å². The molecule has 0 unspecified atom stereocenters. The Morgan fingerprint density at radius 1 is 0.408 bits per heavy atom. The maximum atomic E-state index is 6.75. The molecule has 0 N–H and O–H groups in total. The molecule has 0 atom stereocenters. The van der Waals surface area contributed by atoms with Crippen LogP contribution in [0, 0.1) is 27.7 Å². The van der Waals surface area contributed by atoms with E-state index in [9.17, 15) is 0 Å². The summed E-state index contributed by atoms with van der Waals surface area (Å²) in [6.45, 7) is 17.7. The van der Waals surface area contributed by atoms with Gasteiger partial charge in [-0.2, -0.15) is 0 Å². The van der Waals surface area contributed by atoms with Crippen molar-refractivity contribution >= 4 is 0 Å². The normalized spacial score (nSPS) is 14.9. The van der Waals surface area contributed by atoms with Crippen LogP contribution in [0.4, 0.5) is 0 Å². The summed E-state index contributed by atoms with van der Waals surface area (Å²) in [7, 11) is 0. The van der Waals surface area contributed by atoms with Crippen molar-refractivity contribution in [3.8, 4) is 62.1 Å². The van der Waals surface area contributed by atoms with Gasteiger partial charge in [0.25, 0.3) is 0 Å². The van der Waals surface area contributed by atoms with Crippen molar-refractivity contribution in [1.82, 2.24) is 0 Å². The molecule has 6 aromatic carbocycles. The number of hydrogen-bond acceptors (Lipinski definition) is 3. The molecule has 2 aliphatic rings. The van der Waals surface area contributed by atoms with E-state index in [1.54, 1.807) is 0 Å². The van der Waals surface area contributed by atoms with Gasteiger partial charge in [0.2, 0.25) is 0 Å². The minimum absolute atomic E-state index is 0.183. The molecule has 0 amide bonds. The Kier molecular flexibility index (Phi) is 7.05. The number of ether oxygens (including phenoxy) is 3. The smallest absolute Gasteiger partial charge is 0.177 e. The van der Waals surface area contributed by atoms with E-state index in [1.165, 1.54) is 50.1 Å². The zero-order valence-electron chi connectivity index (χ0n) is 29.6. The van der Waals surface area contributed by atoms with Crippen molar-refractivity contribution in [3.05, 3.63) is 148 Å². The molecule has 0 aliphatic carbocycles. The lowest BCUT2D eigenvalue weighted by atomic mass is 9.74. The summed E-state index contributed by atoms with van der Waals surface area (Å²) in [6, 6.07) is 38.5. The first kappa shape index (κ1) is 31.0. The molecule has 0 aromatic heterocycles. The van der Waals surface area contributed by atoms with Crippen LogP contribution in [-0.2, 0) is 11.0 Å². The molecule has 244 valence electrons. The highest BCUT2D eigenvalue weighted by atomic mass is 16.5. The highest BCUT2D eigenvalue weighted by Crippen LogP contribution is 2.53. The predicted octanol–water partition coefficient (Wildman–Crippen LogP) is 12.8. The number of aryl methyl sites for hydroxylation is 2. The maximum absolute atomic E-state index is 6.75. The molecule has 3 heteroatoms. The van der Waals surface area contributed by atoms with E-state index < -0.39 is 5.60 Å². The molecule has 0 radical (unpaired) electrons. The van der Waals surface area contributed by atoms with Crippen LogP contribution in [0.15, 0.2) is 109 Å². The van der Waals surface area contributed by atoms with E-state index in [0.717, 1.165) is 51.0 Å². The van der Waals surface area contributed by atoms with E-state index in [-0.39, 0.29) is 5.41 Å². The minimum Gasteiger partial charge on any atom is -0.479 e. The van der Waals surface area contributed by atoms with Crippen molar-refractivity contribution in [2.75, 3.05) is 0 Å². The summed E-state index contributed by atoms with van der Waals surface area (Å²) in [5.74, 6) is 4.19. The van der Waals surface area contributed by atoms with Crippen LogP contribution < -0.4 is 14.2 Å². The lowest BCUT2D eigenvalue weighted by molar-refractivity contribution is 0.111. The van der Waals surface area contributed by atoms with Gasteiger partial charge in [-0.25, -0.2) is 0 Å². The van der Waals surface area contributed by atoms with Gasteiger partial charge in [0, 0.05) is 33.2 Å². The molecule has 0 saturated carbocycles. The molecule has 0 saturated heterocycles. The highest BCUT2D eigenvalue weighted by molar-refractivity contribution is 5.89. The first-order valence-electron chi connectivity index (χ1n) is 17.2. The molecule has 6 aromatic rings. The molecule has 0 fully saturated rings. The van der Waals surface area contributed by atoms with Crippen molar-refractivity contribution in [3.63, 3.8) is 0 Å². The SMILES string of the molecule is Cc1ccc(-c2ccc(C)c(-c3cccc4c3Oc3ccccc3C4(C)C)c2C)c(C)c1-c1cccc2c1Oc1ccccc1C(C)(C)O2. The van der Waals surface area contributed by atoms with Crippen LogP contribution in [0.3, 0.4) is 0 Å². The summed E-state index contributed by atoms with van der Waals surface area (Å²) in [5.41, 5.74) is 14.5. The monoisotopic (exact) mass is 642 g/mol. The first-order chi connectivity index (χ1) is 23.5. The van der Waals surface area contributed by atoms with Gasteiger partial charge < -0.3 is 14.2 Å². The largest absolute Gasteiger partial charge is 0.479 e. The Morgan fingerprint density at radius 3 is 1.51 bits per heavy atom. The molecule has 2 heterocycles.